The molecular weight excluding hydrogens is 376 g/mol. The number of benzene rings is 2. The summed E-state index contributed by atoms with van der Waals surface area (Å²) in [6.07, 6.45) is 1.02. The average molecular weight is 395 g/mol. The van der Waals surface area contributed by atoms with Gasteiger partial charge in [-0.3, -0.25) is 0 Å². The molecule has 1 unspecified atom stereocenters. The number of nitrogens with one attached hydrogen (secondary N) is 1. The standard InChI is InChI=1S/C20H19BrN4/c1-13-10-19(23-17-8-5-7-16(21)12-17)24-20(22-13)25-14(2)11-15-6-3-4-9-18(15)25/h3-10,12,14H,11H2,1-2H3,(H,22,23,24). The lowest BCUT2D eigenvalue weighted by molar-refractivity contribution is 0.738. The van der Waals surface area contributed by atoms with Crippen LogP contribution in [-0.2, 0) is 6.42 Å². The van der Waals surface area contributed by atoms with Crippen molar-refractivity contribution < 1.29 is 0 Å². The topological polar surface area (TPSA) is 41.1 Å². The smallest absolute Gasteiger partial charge is 0.232 e. The van der Waals surface area contributed by atoms with Gasteiger partial charge in [-0.05, 0) is 50.1 Å². The quantitative estimate of drug-likeness (QED) is 0.647. The van der Waals surface area contributed by atoms with E-state index in [4.69, 9.17) is 4.98 Å². The Bertz CT molecular complexity index is 925. The number of aryl methyl sites for hydroxylation is 1. The van der Waals surface area contributed by atoms with Gasteiger partial charge in [0.15, 0.2) is 0 Å². The minimum Gasteiger partial charge on any atom is -0.340 e. The van der Waals surface area contributed by atoms with E-state index in [2.05, 4.69) is 62.3 Å². The molecule has 1 N–H and O–H groups in total. The summed E-state index contributed by atoms with van der Waals surface area (Å²) in [7, 11) is 0. The maximum absolute atomic E-state index is 4.78. The third-order valence-electron chi connectivity index (χ3n) is 4.36. The van der Waals surface area contributed by atoms with Crippen LogP contribution in [0, 0.1) is 6.92 Å². The minimum atomic E-state index is 0.345. The first-order valence-electron chi connectivity index (χ1n) is 8.35. The van der Waals surface area contributed by atoms with Crippen LogP contribution in [0.2, 0.25) is 0 Å². The molecule has 2 aromatic carbocycles. The number of anilines is 4. The summed E-state index contributed by atoms with van der Waals surface area (Å²) in [6.45, 7) is 4.22. The maximum Gasteiger partial charge on any atom is 0.232 e. The summed E-state index contributed by atoms with van der Waals surface area (Å²) in [4.78, 5) is 11.7. The van der Waals surface area contributed by atoms with Crippen molar-refractivity contribution in [3.8, 4) is 0 Å². The number of rotatable bonds is 3. The van der Waals surface area contributed by atoms with Crippen molar-refractivity contribution in [3.63, 3.8) is 0 Å². The van der Waals surface area contributed by atoms with Crippen LogP contribution < -0.4 is 10.2 Å². The van der Waals surface area contributed by atoms with E-state index in [1.807, 2.05) is 37.3 Å². The van der Waals surface area contributed by atoms with Gasteiger partial charge in [-0.1, -0.05) is 40.2 Å². The first-order valence-corrected chi connectivity index (χ1v) is 9.15. The molecule has 0 aliphatic carbocycles. The van der Waals surface area contributed by atoms with Gasteiger partial charge < -0.3 is 10.2 Å². The van der Waals surface area contributed by atoms with E-state index >= 15 is 0 Å². The molecule has 0 spiro atoms. The third kappa shape index (κ3) is 3.24. The van der Waals surface area contributed by atoms with Crippen molar-refractivity contribution in [3.05, 3.63) is 70.3 Å². The van der Waals surface area contributed by atoms with Gasteiger partial charge in [-0.2, -0.15) is 4.98 Å². The average Bonchev–Trinajstić information content (AvgIpc) is 2.90. The molecule has 1 atom stereocenters. The summed E-state index contributed by atoms with van der Waals surface area (Å²) >= 11 is 3.50. The summed E-state index contributed by atoms with van der Waals surface area (Å²) in [5.74, 6) is 1.55. The Balaban J connectivity index is 1.71. The maximum atomic E-state index is 4.78. The fraction of sp³-hybridized carbons (Fsp3) is 0.200. The lowest BCUT2D eigenvalue weighted by Crippen LogP contribution is -2.26. The van der Waals surface area contributed by atoms with Gasteiger partial charge in [0, 0.05) is 33.6 Å². The molecule has 0 amide bonds. The highest BCUT2D eigenvalue weighted by Crippen LogP contribution is 2.37. The monoisotopic (exact) mass is 394 g/mol. The van der Waals surface area contributed by atoms with Crippen LogP contribution in [0.25, 0.3) is 0 Å². The van der Waals surface area contributed by atoms with Crippen LogP contribution in [0.4, 0.5) is 23.1 Å². The summed E-state index contributed by atoms with van der Waals surface area (Å²) < 4.78 is 1.03. The highest BCUT2D eigenvalue weighted by molar-refractivity contribution is 9.10. The van der Waals surface area contributed by atoms with Gasteiger partial charge in [0.25, 0.3) is 0 Å². The second-order valence-corrected chi connectivity index (χ2v) is 7.30. The van der Waals surface area contributed by atoms with Crippen molar-refractivity contribution in [2.75, 3.05) is 10.2 Å². The fourth-order valence-corrected chi connectivity index (χ4v) is 3.71. The first kappa shape index (κ1) is 16.1. The minimum absolute atomic E-state index is 0.345. The Kier molecular flexibility index (Phi) is 4.17. The second kappa shape index (κ2) is 6.48. The molecule has 1 aliphatic rings. The largest absolute Gasteiger partial charge is 0.340 e. The lowest BCUT2D eigenvalue weighted by atomic mass is 10.1. The Hall–Kier alpha value is -2.40. The van der Waals surface area contributed by atoms with Gasteiger partial charge >= 0.3 is 0 Å². The van der Waals surface area contributed by atoms with Crippen molar-refractivity contribution in [1.29, 1.82) is 0 Å². The second-order valence-electron chi connectivity index (χ2n) is 6.38. The van der Waals surface area contributed by atoms with Gasteiger partial charge in [0.05, 0.1) is 0 Å². The number of aromatic nitrogens is 2. The van der Waals surface area contributed by atoms with Crippen LogP contribution in [0.1, 0.15) is 18.2 Å². The molecule has 0 saturated heterocycles. The molecule has 1 aromatic heterocycles. The molecule has 0 bridgehead atoms. The number of fused-ring (bicyclic) bond motifs is 1. The van der Waals surface area contributed by atoms with Crippen molar-refractivity contribution in [2.45, 2.75) is 26.3 Å². The van der Waals surface area contributed by atoms with Gasteiger partial charge in [-0.25, -0.2) is 4.98 Å². The zero-order valence-corrected chi connectivity index (χ0v) is 15.8. The van der Waals surface area contributed by atoms with Crippen molar-refractivity contribution in [2.24, 2.45) is 0 Å². The Morgan fingerprint density at radius 1 is 1.08 bits per heavy atom. The van der Waals surface area contributed by atoms with E-state index in [1.54, 1.807) is 0 Å². The van der Waals surface area contributed by atoms with Crippen LogP contribution >= 0.6 is 15.9 Å². The number of hydrogen-bond acceptors (Lipinski definition) is 4. The van der Waals surface area contributed by atoms with E-state index < -0.39 is 0 Å². The number of halogens is 1. The molecule has 4 rings (SSSR count). The zero-order valence-electron chi connectivity index (χ0n) is 14.2. The lowest BCUT2D eigenvalue weighted by Gasteiger charge is -2.23. The summed E-state index contributed by atoms with van der Waals surface area (Å²) in [6, 6.07) is 18.9. The molecule has 5 heteroatoms. The number of para-hydroxylation sites is 1. The van der Waals surface area contributed by atoms with Crippen molar-refractivity contribution in [1.82, 2.24) is 9.97 Å². The van der Waals surface area contributed by atoms with Gasteiger partial charge in [0.2, 0.25) is 5.95 Å². The first-order chi connectivity index (χ1) is 12.1. The fourth-order valence-electron chi connectivity index (χ4n) is 3.31. The van der Waals surface area contributed by atoms with Crippen LogP contribution in [0.5, 0.6) is 0 Å². The molecule has 1 aliphatic heterocycles. The normalized spacial score (nSPS) is 16.0. The Labute approximate surface area is 156 Å². The van der Waals surface area contributed by atoms with Crippen LogP contribution in [0.15, 0.2) is 59.1 Å². The Morgan fingerprint density at radius 2 is 1.92 bits per heavy atom. The predicted octanol–water partition coefficient (Wildman–Crippen LogP) is 5.37. The van der Waals surface area contributed by atoms with E-state index in [0.717, 1.165) is 34.0 Å². The molecule has 0 saturated carbocycles. The van der Waals surface area contributed by atoms with Crippen LogP contribution in [-0.4, -0.2) is 16.0 Å². The van der Waals surface area contributed by atoms with E-state index in [1.165, 1.54) is 11.3 Å². The highest BCUT2D eigenvalue weighted by Gasteiger charge is 2.29. The van der Waals surface area contributed by atoms with Crippen LogP contribution in [0.3, 0.4) is 0 Å². The molecule has 0 fully saturated rings. The predicted molar refractivity (Wildman–Crippen MR) is 106 cm³/mol. The molecular formula is C20H19BrN4. The van der Waals surface area contributed by atoms with Gasteiger partial charge in [0.1, 0.15) is 5.82 Å². The van der Waals surface area contributed by atoms with E-state index in [9.17, 15) is 0 Å². The van der Waals surface area contributed by atoms with E-state index in [-0.39, 0.29) is 0 Å². The Morgan fingerprint density at radius 3 is 2.76 bits per heavy atom. The molecule has 2 heterocycles. The molecule has 3 aromatic rings. The van der Waals surface area contributed by atoms with Crippen molar-refractivity contribution >= 4 is 39.1 Å². The molecule has 126 valence electrons. The number of hydrogen-bond donors (Lipinski definition) is 1. The summed E-state index contributed by atoms with van der Waals surface area (Å²) in [5.41, 5.74) is 4.49. The molecule has 0 radical (unpaired) electrons. The number of nitrogens with zero attached hydrogens (tertiary/aromatic N) is 3. The van der Waals surface area contributed by atoms with Gasteiger partial charge in [-0.15, -0.1) is 0 Å². The third-order valence-corrected chi connectivity index (χ3v) is 4.86. The molecule has 4 nitrogen and oxygen atoms in total. The highest BCUT2D eigenvalue weighted by atomic mass is 79.9. The van der Waals surface area contributed by atoms with E-state index in [0.29, 0.717) is 6.04 Å². The summed E-state index contributed by atoms with van der Waals surface area (Å²) in [5, 5.41) is 3.38. The zero-order chi connectivity index (χ0) is 17.4. The molecule has 25 heavy (non-hydrogen) atoms. The SMILES string of the molecule is Cc1cc(Nc2cccc(Br)c2)nc(N2c3ccccc3CC2C)n1.